The van der Waals surface area contributed by atoms with Gasteiger partial charge in [-0.05, 0) is 19.1 Å². The zero-order valence-corrected chi connectivity index (χ0v) is 11.7. The number of benzene rings is 1. The Kier molecular flexibility index (Phi) is 3.87. The monoisotopic (exact) mass is 277 g/mol. The summed E-state index contributed by atoms with van der Waals surface area (Å²) in [5.74, 6) is 1.37. The number of aromatic nitrogens is 3. The van der Waals surface area contributed by atoms with E-state index in [0.29, 0.717) is 18.2 Å². The molecule has 0 saturated carbocycles. The lowest BCUT2D eigenvalue weighted by Gasteiger charge is -2.10. The molecule has 21 heavy (non-hydrogen) atoms. The predicted octanol–water partition coefficient (Wildman–Crippen LogP) is 3.60. The first-order valence-corrected chi connectivity index (χ1v) is 6.84. The second kappa shape index (κ2) is 6.13. The molecular weight excluding hydrogens is 262 g/mol. The summed E-state index contributed by atoms with van der Waals surface area (Å²) in [5.41, 5.74) is 2.73. The summed E-state index contributed by atoms with van der Waals surface area (Å²) in [6, 6.07) is 13.7. The van der Waals surface area contributed by atoms with Crippen molar-refractivity contribution in [1.82, 2.24) is 15.0 Å². The molecule has 4 heteroatoms. The smallest absolute Gasteiger partial charge is 0.163 e. The highest BCUT2D eigenvalue weighted by molar-refractivity contribution is 5.68. The van der Waals surface area contributed by atoms with Crippen LogP contribution in [0.3, 0.4) is 0 Å². The zero-order valence-electron chi connectivity index (χ0n) is 11.7. The van der Waals surface area contributed by atoms with E-state index in [0.717, 1.165) is 16.8 Å². The Morgan fingerprint density at radius 3 is 2.43 bits per heavy atom. The van der Waals surface area contributed by atoms with Gasteiger partial charge in [-0.3, -0.25) is 4.98 Å². The van der Waals surface area contributed by atoms with Gasteiger partial charge in [0.2, 0.25) is 0 Å². The zero-order chi connectivity index (χ0) is 14.5. The third-order valence-corrected chi connectivity index (χ3v) is 3.04. The molecule has 0 unspecified atom stereocenters. The summed E-state index contributed by atoms with van der Waals surface area (Å²) in [7, 11) is 0. The van der Waals surface area contributed by atoms with Crippen molar-refractivity contribution in [3.63, 3.8) is 0 Å². The second-order valence-corrected chi connectivity index (χ2v) is 4.44. The van der Waals surface area contributed by atoms with Crippen LogP contribution in [0, 0.1) is 0 Å². The molecule has 0 N–H and O–H groups in total. The number of hydrogen-bond acceptors (Lipinski definition) is 4. The maximum absolute atomic E-state index is 5.64. The van der Waals surface area contributed by atoms with Crippen LogP contribution in [0.2, 0.25) is 0 Å². The molecule has 0 amide bonds. The Morgan fingerprint density at radius 2 is 1.71 bits per heavy atom. The highest BCUT2D eigenvalue weighted by Crippen LogP contribution is 2.29. The fourth-order valence-electron chi connectivity index (χ4n) is 2.07. The maximum Gasteiger partial charge on any atom is 0.163 e. The molecule has 2 heterocycles. The van der Waals surface area contributed by atoms with Gasteiger partial charge in [0.25, 0.3) is 0 Å². The second-order valence-electron chi connectivity index (χ2n) is 4.44. The Bertz CT molecular complexity index is 715. The average Bonchev–Trinajstić information content (AvgIpc) is 2.57. The highest BCUT2D eigenvalue weighted by atomic mass is 16.5. The molecule has 0 spiro atoms. The van der Waals surface area contributed by atoms with Gasteiger partial charge in [0.15, 0.2) is 11.6 Å². The molecule has 2 aromatic heterocycles. The highest BCUT2D eigenvalue weighted by Gasteiger charge is 2.11. The minimum Gasteiger partial charge on any atom is -0.490 e. The summed E-state index contributed by atoms with van der Waals surface area (Å²) in [6.45, 7) is 2.52. The molecular formula is C17H15N3O. The van der Waals surface area contributed by atoms with E-state index in [1.165, 1.54) is 0 Å². The van der Waals surface area contributed by atoms with Crippen LogP contribution in [0.4, 0.5) is 0 Å². The molecule has 0 aliphatic carbocycles. The molecule has 0 bridgehead atoms. The summed E-state index contributed by atoms with van der Waals surface area (Å²) in [5, 5.41) is 0. The normalized spacial score (nSPS) is 10.3. The van der Waals surface area contributed by atoms with Crippen molar-refractivity contribution in [3.05, 3.63) is 61.1 Å². The molecule has 0 atom stereocenters. The lowest BCUT2D eigenvalue weighted by atomic mass is 10.1. The van der Waals surface area contributed by atoms with Crippen molar-refractivity contribution in [3.8, 4) is 28.4 Å². The van der Waals surface area contributed by atoms with Crippen LogP contribution in [0.25, 0.3) is 22.6 Å². The van der Waals surface area contributed by atoms with Crippen molar-refractivity contribution < 1.29 is 4.74 Å². The van der Waals surface area contributed by atoms with Gasteiger partial charge < -0.3 is 4.74 Å². The number of rotatable bonds is 4. The van der Waals surface area contributed by atoms with Crippen LogP contribution >= 0.6 is 0 Å². The molecule has 0 aliphatic rings. The minimum atomic E-state index is 0.576. The Hall–Kier alpha value is -2.75. The summed E-state index contributed by atoms with van der Waals surface area (Å²) in [6.07, 6.45) is 5.22. The van der Waals surface area contributed by atoms with Gasteiger partial charge in [-0.2, -0.15) is 0 Å². The molecule has 0 saturated heterocycles. The van der Waals surface area contributed by atoms with E-state index < -0.39 is 0 Å². The summed E-state index contributed by atoms with van der Waals surface area (Å²) < 4.78 is 5.64. The molecule has 3 aromatic rings. The first-order valence-electron chi connectivity index (χ1n) is 6.84. The molecule has 0 fully saturated rings. The molecule has 1 aromatic carbocycles. The van der Waals surface area contributed by atoms with Crippen LogP contribution in [-0.4, -0.2) is 21.6 Å². The summed E-state index contributed by atoms with van der Waals surface area (Å²) in [4.78, 5) is 13.1. The first-order chi connectivity index (χ1) is 10.4. The summed E-state index contributed by atoms with van der Waals surface area (Å²) >= 11 is 0. The van der Waals surface area contributed by atoms with Crippen molar-refractivity contribution in [1.29, 1.82) is 0 Å². The van der Waals surface area contributed by atoms with E-state index in [4.69, 9.17) is 4.74 Å². The van der Waals surface area contributed by atoms with Crippen molar-refractivity contribution in [2.75, 3.05) is 6.61 Å². The van der Waals surface area contributed by atoms with Crippen LogP contribution in [0.5, 0.6) is 5.75 Å². The number of hydrogen-bond donors (Lipinski definition) is 0. The predicted molar refractivity (Wildman–Crippen MR) is 81.9 cm³/mol. The third kappa shape index (κ3) is 2.89. The molecule has 3 rings (SSSR count). The van der Waals surface area contributed by atoms with E-state index >= 15 is 0 Å². The maximum atomic E-state index is 5.64. The van der Waals surface area contributed by atoms with Gasteiger partial charge in [-0.1, -0.05) is 30.3 Å². The lowest BCUT2D eigenvalue weighted by Crippen LogP contribution is -1.99. The SMILES string of the molecule is CCOc1cnc(-c2ccccc2)nc1-c1ccncc1. The molecule has 0 radical (unpaired) electrons. The lowest BCUT2D eigenvalue weighted by molar-refractivity contribution is 0.339. The minimum absolute atomic E-state index is 0.576. The van der Waals surface area contributed by atoms with Crippen molar-refractivity contribution >= 4 is 0 Å². The Balaban J connectivity index is 2.11. The van der Waals surface area contributed by atoms with E-state index in [9.17, 15) is 0 Å². The Labute approximate surface area is 123 Å². The van der Waals surface area contributed by atoms with Gasteiger partial charge in [-0.15, -0.1) is 0 Å². The first kappa shape index (κ1) is 13.2. The number of ether oxygens (including phenoxy) is 1. The van der Waals surface area contributed by atoms with Gasteiger partial charge in [0.05, 0.1) is 12.8 Å². The largest absolute Gasteiger partial charge is 0.490 e. The van der Waals surface area contributed by atoms with Crippen molar-refractivity contribution in [2.45, 2.75) is 6.92 Å². The fraction of sp³-hybridized carbons (Fsp3) is 0.118. The fourth-order valence-corrected chi connectivity index (χ4v) is 2.07. The van der Waals surface area contributed by atoms with Crippen molar-refractivity contribution in [2.24, 2.45) is 0 Å². The molecule has 104 valence electrons. The van der Waals surface area contributed by atoms with Gasteiger partial charge in [0.1, 0.15) is 5.69 Å². The van der Waals surface area contributed by atoms with Crippen LogP contribution in [-0.2, 0) is 0 Å². The quantitative estimate of drug-likeness (QED) is 0.731. The molecule has 0 aliphatic heterocycles. The van der Waals surface area contributed by atoms with E-state index in [1.54, 1.807) is 18.6 Å². The molecule has 4 nitrogen and oxygen atoms in total. The van der Waals surface area contributed by atoms with Crippen LogP contribution in [0.1, 0.15) is 6.92 Å². The van der Waals surface area contributed by atoms with E-state index in [2.05, 4.69) is 15.0 Å². The third-order valence-electron chi connectivity index (χ3n) is 3.04. The van der Waals surface area contributed by atoms with Gasteiger partial charge >= 0.3 is 0 Å². The van der Waals surface area contributed by atoms with E-state index in [-0.39, 0.29) is 0 Å². The van der Waals surface area contributed by atoms with Gasteiger partial charge in [-0.25, -0.2) is 9.97 Å². The van der Waals surface area contributed by atoms with Gasteiger partial charge in [0, 0.05) is 23.5 Å². The van der Waals surface area contributed by atoms with Crippen LogP contribution in [0.15, 0.2) is 61.1 Å². The Morgan fingerprint density at radius 1 is 0.952 bits per heavy atom. The number of nitrogens with zero attached hydrogens (tertiary/aromatic N) is 3. The van der Waals surface area contributed by atoms with E-state index in [1.807, 2.05) is 49.4 Å². The average molecular weight is 277 g/mol. The van der Waals surface area contributed by atoms with Crippen LogP contribution < -0.4 is 4.74 Å². The number of pyridine rings is 1. The topological polar surface area (TPSA) is 47.9 Å². The standard InChI is InChI=1S/C17H15N3O/c1-2-21-15-12-19-17(14-6-4-3-5-7-14)20-16(15)13-8-10-18-11-9-13/h3-12H,2H2,1H3.